The Bertz CT molecular complexity index is 1150. The second-order valence-corrected chi connectivity index (χ2v) is 7.86. The minimum atomic E-state index is -0.455. The maximum Gasteiger partial charge on any atom is 0.322 e. The van der Waals surface area contributed by atoms with E-state index < -0.39 is 6.04 Å². The number of methoxy groups -OCH3 is 1. The molecule has 0 saturated heterocycles. The van der Waals surface area contributed by atoms with Crippen molar-refractivity contribution < 1.29 is 9.53 Å². The van der Waals surface area contributed by atoms with Crippen molar-refractivity contribution in [3.05, 3.63) is 68.7 Å². The van der Waals surface area contributed by atoms with Crippen molar-refractivity contribution >= 4 is 45.8 Å². The van der Waals surface area contributed by atoms with Crippen molar-refractivity contribution in [1.82, 2.24) is 14.5 Å². The standard InChI is InChI=1S/C22H24Cl2N4O3/c1-4-19(20-25-17-8-6-5-7-15(17)21(29)27(20)2)28(11-12-31-3)22(30)26-18-10-9-14(23)13-16(18)24/h5-10,13,19H,4,11-12H2,1-3H3,(H,26,30). The van der Waals surface area contributed by atoms with Crippen LogP contribution in [0.5, 0.6) is 0 Å². The van der Waals surface area contributed by atoms with E-state index in [9.17, 15) is 9.59 Å². The van der Waals surface area contributed by atoms with Gasteiger partial charge < -0.3 is 15.0 Å². The van der Waals surface area contributed by atoms with Crippen LogP contribution >= 0.6 is 23.2 Å². The number of para-hydroxylation sites is 1. The number of fused-ring (bicyclic) bond motifs is 1. The lowest BCUT2D eigenvalue weighted by Crippen LogP contribution is -2.42. The van der Waals surface area contributed by atoms with Gasteiger partial charge in [-0.3, -0.25) is 9.36 Å². The summed E-state index contributed by atoms with van der Waals surface area (Å²) in [6.45, 7) is 2.56. The van der Waals surface area contributed by atoms with Crippen LogP contribution < -0.4 is 10.9 Å². The van der Waals surface area contributed by atoms with Crippen molar-refractivity contribution in [2.45, 2.75) is 19.4 Å². The van der Waals surface area contributed by atoms with Gasteiger partial charge in [0.25, 0.3) is 5.56 Å². The first kappa shape index (κ1) is 23.1. The summed E-state index contributed by atoms with van der Waals surface area (Å²) in [6.07, 6.45) is 0.546. The molecule has 1 aromatic heterocycles. The van der Waals surface area contributed by atoms with E-state index in [1.54, 1.807) is 55.5 Å². The Kier molecular flexibility index (Phi) is 7.54. The summed E-state index contributed by atoms with van der Waals surface area (Å²) in [5, 5.41) is 4.16. The molecule has 9 heteroatoms. The van der Waals surface area contributed by atoms with Crippen molar-refractivity contribution in [3.8, 4) is 0 Å². The van der Waals surface area contributed by atoms with Crippen LogP contribution in [0.25, 0.3) is 10.9 Å². The third kappa shape index (κ3) is 5.01. The second kappa shape index (κ2) is 10.1. The number of hydrogen-bond acceptors (Lipinski definition) is 4. The summed E-state index contributed by atoms with van der Waals surface area (Å²) in [4.78, 5) is 32.4. The SMILES string of the molecule is CCC(c1nc2ccccc2c(=O)n1C)N(CCOC)C(=O)Nc1ccc(Cl)cc1Cl. The van der Waals surface area contributed by atoms with Crippen LogP contribution in [0, 0.1) is 0 Å². The van der Waals surface area contributed by atoms with Gasteiger partial charge in [0.15, 0.2) is 0 Å². The van der Waals surface area contributed by atoms with E-state index in [-0.39, 0.29) is 11.6 Å². The van der Waals surface area contributed by atoms with Crippen LogP contribution in [0.4, 0.5) is 10.5 Å². The highest BCUT2D eigenvalue weighted by atomic mass is 35.5. The van der Waals surface area contributed by atoms with Crippen LogP contribution in [-0.4, -0.2) is 40.7 Å². The summed E-state index contributed by atoms with van der Waals surface area (Å²) in [5.41, 5.74) is 0.868. The van der Waals surface area contributed by atoms with Crippen molar-refractivity contribution in [2.75, 3.05) is 25.6 Å². The lowest BCUT2D eigenvalue weighted by atomic mass is 10.1. The predicted molar refractivity (Wildman–Crippen MR) is 124 cm³/mol. The molecule has 164 valence electrons. The Labute approximate surface area is 190 Å². The van der Waals surface area contributed by atoms with E-state index in [4.69, 9.17) is 32.9 Å². The Morgan fingerprint density at radius 1 is 1.26 bits per heavy atom. The van der Waals surface area contributed by atoms with Crippen molar-refractivity contribution in [2.24, 2.45) is 7.05 Å². The molecule has 1 heterocycles. The Morgan fingerprint density at radius 2 is 2.00 bits per heavy atom. The normalized spacial score (nSPS) is 12.0. The molecule has 7 nitrogen and oxygen atoms in total. The molecule has 1 atom stereocenters. The highest BCUT2D eigenvalue weighted by molar-refractivity contribution is 6.36. The molecule has 0 radical (unpaired) electrons. The molecule has 0 spiro atoms. The number of rotatable bonds is 7. The van der Waals surface area contributed by atoms with E-state index in [0.717, 1.165) is 0 Å². The van der Waals surface area contributed by atoms with Gasteiger partial charge >= 0.3 is 6.03 Å². The number of ether oxygens (including phenoxy) is 1. The highest BCUT2D eigenvalue weighted by Gasteiger charge is 2.28. The minimum absolute atomic E-state index is 0.160. The molecule has 3 aromatic rings. The first-order valence-corrected chi connectivity index (χ1v) is 10.6. The third-order valence-corrected chi connectivity index (χ3v) is 5.60. The topological polar surface area (TPSA) is 76.5 Å². The van der Waals surface area contributed by atoms with Crippen LogP contribution in [-0.2, 0) is 11.8 Å². The summed E-state index contributed by atoms with van der Waals surface area (Å²) >= 11 is 12.2. The molecule has 2 amide bonds. The average Bonchev–Trinajstić information content (AvgIpc) is 2.76. The van der Waals surface area contributed by atoms with Crippen molar-refractivity contribution in [1.29, 1.82) is 0 Å². The molecule has 2 aromatic carbocycles. The number of carbonyl (C=O) groups excluding carboxylic acids is 1. The summed E-state index contributed by atoms with van der Waals surface area (Å²) in [5.74, 6) is 0.500. The van der Waals surface area contributed by atoms with Gasteiger partial charge in [0, 0.05) is 25.7 Å². The quantitative estimate of drug-likeness (QED) is 0.543. The number of nitrogens with zero attached hydrogens (tertiary/aromatic N) is 3. The van der Waals surface area contributed by atoms with Crippen LogP contribution in [0.3, 0.4) is 0 Å². The van der Waals surface area contributed by atoms with E-state index in [1.807, 2.05) is 13.0 Å². The van der Waals surface area contributed by atoms with Gasteiger partial charge in [-0.2, -0.15) is 0 Å². The fraction of sp³-hybridized carbons (Fsp3) is 0.318. The average molecular weight is 463 g/mol. The monoisotopic (exact) mass is 462 g/mol. The number of nitrogens with one attached hydrogen (secondary N) is 1. The van der Waals surface area contributed by atoms with Crippen LogP contribution in [0.1, 0.15) is 25.2 Å². The highest BCUT2D eigenvalue weighted by Crippen LogP contribution is 2.28. The molecule has 3 rings (SSSR count). The second-order valence-electron chi connectivity index (χ2n) is 7.02. The Balaban J connectivity index is 2.01. The van der Waals surface area contributed by atoms with Gasteiger partial charge in [-0.25, -0.2) is 9.78 Å². The molecule has 0 aliphatic heterocycles. The van der Waals surface area contributed by atoms with Crippen molar-refractivity contribution in [3.63, 3.8) is 0 Å². The zero-order valence-electron chi connectivity index (χ0n) is 17.6. The molecule has 1 N–H and O–H groups in total. The number of benzene rings is 2. The third-order valence-electron chi connectivity index (χ3n) is 5.05. The lowest BCUT2D eigenvalue weighted by Gasteiger charge is -2.31. The minimum Gasteiger partial charge on any atom is -0.383 e. The van der Waals surface area contributed by atoms with Gasteiger partial charge in [-0.05, 0) is 36.8 Å². The molecule has 0 bridgehead atoms. The molecule has 0 fully saturated rings. The Morgan fingerprint density at radius 3 is 2.68 bits per heavy atom. The maximum absolute atomic E-state index is 13.2. The molecule has 0 aliphatic rings. The number of hydrogen-bond donors (Lipinski definition) is 1. The number of amides is 2. The molecule has 0 aliphatic carbocycles. The number of anilines is 1. The van der Waals surface area contributed by atoms with Gasteiger partial charge in [0.05, 0.1) is 34.3 Å². The summed E-state index contributed by atoms with van der Waals surface area (Å²) in [7, 11) is 3.24. The van der Waals surface area contributed by atoms with E-state index in [0.29, 0.717) is 52.0 Å². The van der Waals surface area contributed by atoms with Gasteiger partial charge in [-0.1, -0.05) is 42.3 Å². The number of carbonyl (C=O) groups is 1. The first-order valence-electron chi connectivity index (χ1n) is 9.84. The summed E-state index contributed by atoms with van der Waals surface area (Å²) in [6, 6.07) is 11.2. The lowest BCUT2D eigenvalue weighted by molar-refractivity contribution is 0.131. The fourth-order valence-corrected chi connectivity index (χ4v) is 3.90. The van der Waals surface area contributed by atoms with Gasteiger partial charge in [-0.15, -0.1) is 0 Å². The number of urea groups is 1. The van der Waals surface area contributed by atoms with Gasteiger partial charge in [0.2, 0.25) is 0 Å². The van der Waals surface area contributed by atoms with E-state index in [1.165, 1.54) is 4.57 Å². The predicted octanol–water partition coefficient (Wildman–Crippen LogP) is 4.87. The van der Waals surface area contributed by atoms with Crippen LogP contribution in [0.2, 0.25) is 10.0 Å². The number of aromatic nitrogens is 2. The fourth-order valence-electron chi connectivity index (χ4n) is 3.44. The van der Waals surface area contributed by atoms with Gasteiger partial charge in [0.1, 0.15) is 5.82 Å². The molecule has 31 heavy (non-hydrogen) atoms. The largest absolute Gasteiger partial charge is 0.383 e. The smallest absolute Gasteiger partial charge is 0.322 e. The van der Waals surface area contributed by atoms with E-state index in [2.05, 4.69) is 5.32 Å². The van der Waals surface area contributed by atoms with E-state index >= 15 is 0 Å². The Hall–Kier alpha value is -2.61. The number of halogens is 2. The zero-order chi connectivity index (χ0) is 22.5. The molecular weight excluding hydrogens is 439 g/mol. The molecule has 0 saturated carbocycles. The first-order chi connectivity index (χ1) is 14.9. The van der Waals surface area contributed by atoms with Crippen LogP contribution in [0.15, 0.2) is 47.3 Å². The summed E-state index contributed by atoms with van der Waals surface area (Å²) < 4.78 is 6.71. The zero-order valence-corrected chi connectivity index (χ0v) is 19.1. The maximum atomic E-state index is 13.2. The molecular formula is C22H24Cl2N4O3. The molecule has 1 unspecified atom stereocenters.